The highest BCUT2D eigenvalue weighted by atomic mass is 35.5. The number of aryl methyl sites for hydroxylation is 1. The van der Waals surface area contributed by atoms with Crippen molar-refractivity contribution in [2.24, 2.45) is 0 Å². The van der Waals surface area contributed by atoms with Gasteiger partial charge in [-0.25, -0.2) is 4.98 Å². The van der Waals surface area contributed by atoms with Gasteiger partial charge in [0.2, 0.25) is 5.28 Å². The Kier molecular flexibility index (Phi) is 3.27. The van der Waals surface area contributed by atoms with Crippen molar-refractivity contribution >= 4 is 17.4 Å². The maximum atomic E-state index is 6.06. The number of halogens is 1. The molecule has 4 rings (SSSR count). The van der Waals surface area contributed by atoms with E-state index in [0.29, 0.717) is 6.61 Å². The molecule has 1 saturated heterocycles. The van der Waals surface area contributed by atoms with E-state index in [1.165, 1.54) is 0 Å². The monoisotopic (exact) mass is 320 g/mol. The molecule has 0 N–H and O–H groups in total. The van der Waals surface area contributed by atoms with Crippen LogP contribution in [0.25, 0.3) is 5.69 Å². The van der Waals surface area contributed by atoms with Crippen molar-refractivity contribution in [2.75, 3.05) is 18.1 Å². The molecule has 2 unspecified atom stereocenters. The number of rotatable bonds is 2. The van der Waals surface area contributed by atoms with E-state index in [2.05, 4.69) is 32.0 Å². The SMILES string of the molecule is CCC1c2nnc(C)n2-c2cnc(Cl)nc2N1C1CCOC1. The fraction of sp³-hybridized carbons (Fsp3) is 0.571. The average Bonchev–Trinajstić information content (AvgIpc) is 3.16. The van der Waals surface area contributed by atoms with Crippen LogP contribution in [-0.2, 0) is 4.74 Å². The Labute approximate surface area is 133 Å². The molecule has 2 aliphatic heterocycles. The van der Waals surface area contributed by atoms with Gasteiger partial charge >= 0.3 is 0 Å². The van der Waals surface area contributed by atoms with E-state index in [9.17, 15) is 0 Å². The van der Waals surface area contributed by atoms with Crippen LogP contribution >= 0.6 is 11.6 Å². The summed E-state index contributed by atoms with van der Waals surface area (Å²) >= 11 is 6.06. The fourth-order valence-electron chi connectivity index (χ4n) is 3.41. The summed E-state index contributed by atoms with van der Waals surface area (Å²) in [5.41, 5.74) is 0.888. The van der Waals surface area contributed by atoms with E-state index in [-0.39, 0.29) is 17.4 Å². The molecule has 0 saturated carbocycles. The molecule has 0 aromatic carbocycles. The minimum Gasteiger partial charge on any atom is -0.379 e. The Morgan fingerprint density at radius 1 is 1.41 bits per heavy atom. The zero-order valence-corrected chi connectivity index (χ0v) is 13.3. The Morgan fingerprint density at radius 2 is 2.27 bits per heavy atom. The van der Waals surface area contributed by atoms with Gasteiger partial charge < -0.3 is 9.64 Å². The summed E-state index contributed by atoms with van der Waals surface area (Å²) in [4.78, 5) is 10.9. The molecule has 2 aromatic heterocycles. The molecular formula is C14H17ClN6O. The number of nitrogens with zero attached hydrogens (tertiary/aromatic N) is 6. The number of hydrogen-bond acceptors (Lipinski definition) is 6. The van der Waals surface area contributed by atoms with E-state index in [1.807, 2.05) is 11.5 Å². The van der Waals surface area contributed by atoms with Crippen molar-refractivity contribution < 1.29 is 4.74 Å². The highest BCUT2D eigenvalue weighted by Crippen LogP contribution is 2.41. The molecule has 0 bridgehead atoms. The summed E-state index contributed by atoms with van der Waals surface area (Å²) in [5, 5.41) is 8.89. The second-order valence-electron chi connectivity index (χ2n) is 5.64. The summed E-state index contributed by atoms with van der Waals surface area (Å²) in [6.45, 7) is 5.56. The molecule has 1 fully saturated rings. The molecule has 4 heterocycles. The third kappa shape index (κ3) is 1.92. The molecule has 0 amide bonds. The smallest absolute Gasteiger partial charge is 0.224 e. The first-order valence-electron chi connectivity index (χ1n) is 7.51. The van der Waals surface area contributed by atoms with Gasteiger partial charge in [0.05, 0.1) is 24.9 Å². The van der Waals surface area contributed by atoms with Crippen LogP contribution in [0, 0.1) is 6.92 Å². The molecular weight excluding hydrogens is 304 g/mol. The predicted octanol–water partition coefficient (Wildman–Crippen LogP) is 2.08. The van der Waals surface area contributed by atoms with E-state index >= 15 is 0 Å². The van der Waals surface area contributed by atoms with Crippen molar-refractivity contribution in [3.63, 3.8) is 0 Å². The Bertz CT molecular complexity index is 711. The van der Waals surface area contributed by atoms with Gasteiger partial charge in [0.1, 0.15) is 11.5 Å². The van der Waals surface area contributed by atoms with Crippen molar-refractivity contribution in [3.05, 3.63) is 23.1 Å². The first-order valence-corrected chi connectivity index (χ1v) is 7.89. The first kappa shape index (κ1) is 13.9. The summed E-state index contributed by atoms with van der Waals surface area (Å²) < 4.78 is 7.61. The van der Waals surface area contributed by atoms with Gasteiger partial charge in [0.25, 0.3) is 0 Å². The zero-order chi connectivity index (χ0) is 15.3. The minimum absolute atomic E-state index is 0.117. The third-order valence-electron chi connectivity index (χ3n) is 4.38. The lowest BCUT2D eigenvalue weighted by molar-refractivity contribution is 0.191. The molecule has 7 nitrogen and oxygen atoms in total. The zero-order valence-electron chi connectivity index (χ0n) is 12.5. The second-order valence-corrected chi connectivity index (χ2v) is 5.98. The second kappa shape index (κ2) is 5.17. The van der Waals surface area contributed by atoms with Gasteiger partial charge in [0.15, 0.2) is 11.6 Å². The molecule has 116 valence electrons. The number of anilines is 1. The van der Waals surface area contributed by atoms with Crippen molar-refractivity contribution in [1.82, 2.24) is 24.7 Å². The molecule has 0 spiro atoms. The third-order valence-corrected chi connectivity index (χ3v) is 4.56. The van der Waals surface area contributed by atoms with Gasteiger partial charge in [-0.05, 0) is 31.4 Å². The lowest BCUT2D eigenvalue weighted by Gasteiger charge is -2.40. The summed E-state index contributed by atoms with van der Waals surface area (Å²) in [7, 11) is 0. The Morgan fingerprint density at radius 3 is 3.00 bits per heavy atom. The standard InChI is InChI=1S/C14H17ClN6O/c1-3-10-13-19-18-8(2)20(13)11-6-16-14(15)17-12(11)21(10)9-4-5-22-7-9/h6,9-10H,3-5,7H2,1-2H3. The number of ether oxygens (including phenoxy) is 1. The van der Waals surface area contributed by atoms with E-state index in [4.69, 9.17) is 16.3 Å². The van der Waals surface area contributed by atoms with E-state index < -0.39 is 0 Å². The van der Waals surface area contributed by atoms with Crippen LogP contribution < -0.4 is 4.90 Å². The summed E-state index contributed by atoms with van der Waals surface area (Å²) in [6.07, 6.45) is 3.64. The van der Waals surface area contributed by atoms with Crippen LogP contribution in [0.4, 0.5) is 5.82 Å². The number of aromatic nitrogens is 5. The largest absolute Gasteiger partial charge is 0.379 e. The van der Waals surface area contributed by atoms with Crippen LogP contribution in [0.5, 0.6) is 0 Å². The highest BCUT2D eigenvalue weighted by molar-refractivity contribution is 6.28. The normalized spacial score (nSPS) is 23.5. The molecule has 2 aliphatic rings. The maximum Gasteiger partial charge on any atom is 0.224 e. The maximum absolute atomic E-state index is 6.06. The van der Waals surface area contributed by atoms with Gasteiger partial charge in [-0.3, -0.25) is 4.57 Å². The number of hydrogen-bond donors (Lipinski definition) is 0. The van der Waals surface area contributed by atoms with Crippen LogP contribution in [0.2, 0.25) is 5.28 Å². The minimum atomic E-state index is 0.117. The van der Waals surface area contributed by atoms with Gasteiger partial charge in [-0.2, -0.15) is 4.98 Å². The molecule has 0 radical (unpaired) electrons. The molecule has 2 atom stereocenters. The predicted molar refractivity (Wildman–Crippen MR) is 81.4 cm³/mol. The quantitative estimate of drug-likeness (QED) is 0.789. The summed E-state index contributed by atoms with van der Waals surface area (Å²) in [5.74, 6) is 2.62. The molecule has 22 heavy (non-hydrogen) atoms. The van der Waals surface area contributed by atoms with Crippen molar-refractivity contribution in [1.29, 1.82) is 0 Å². The summed E-state index contributed by atoms with van der Waals surface area (Å²) in [6, 6.07) is 0.395. The van der Waals surface area contributed by atoms with Crippen LogP contribution in [-0.4, -0.2) is 44.0 Å². The Balaban J connectivity index is 1.94. The Hall–Kier alpha value is -1.73. The molecule has 0 aliphatic carbocycles. The lowest BCUT2D eigenvalue weighted by Crippen LogP contribution is -2.43. The lowest BCUT2D eigenvalue weighted by atomic mass is 10.0. The molecule has 8 heteroatoms. The fourth-order valence-corrected chi connectivity index (χ4v) is 3.53. The number of fused-ring (bicyclic) bond motifs is 3. The topological polar surface area (TPSA) is 69.0 Å². The van der Waals surface area contributed by atoms with Gasteiger partial charge in [-0.1, -0.05) is 6.92 Å². The highest BCUT2D eigenvalue weighted by Gasteiger charge is 2.39. The molecule has 2 aromatic rings. The average molecular weight is 321 g/mol. The van der Waals surface area contributed by atoms with Crippen LogP contribution in [0.15, 0.2) is 6.20 Å². The first-order chi connectivity index (χ1) is 10.7. The van der Waals surface area contributed by atoms with Gasteiger partial charge in [0, 0.05) is 6.61 Å². The van der Waals surface area contributed by atoms with Gasteiger partial charge in [-0.15, -0.1) is 10.2 Å². The van der Waals surface area contributed by atoms with Crippen LogP contribution in [0.1, 0.15) is 37.5 Å². The van der Waals surface area contributed by atoms with E-state index in [0.717, 1.165) is 42.6 Å². The van der Waals surface area contributed by atoms with Crippen molar-refractivity contribution in [2.45, 2.75) is 38.8 Å². The van der Waals surface area contributed by atoms with Crippen molar-refractivity contribution in [3.8, 4) is 5.69 Å². The van der Waals surface area contributed by atoms with Crippen LogP contribution in [0.3, 0.4) is 0 Å². The van der Waals surface area contributed by atoms with E-state index in [1.54, 1.807) is 6.20 Å².